The van der Waals surface area contributed by atoms with Gasteiger partial charge < -0.3 is 14.9 Å². The Bertz CT molecular complexity index is 913. The lowest BCUT2D eigenvalue weighted by atomic mass is 9.30. The minimum Gasteiger partial charge on any atom is -0.396 e. The van der Waals surface area contributed by atoms with Crippen LogP contribution in [-0.2, 0) is 9.53 Å². The second-order valence-electron chi connectivity index (χ2n) is 15.5. The van der Waals surface area contributed by atoms with Crippen LogP contribution in [0.3, 0.4) is 0 Å². The fraction of sp³-hybridized carbons (Fsp3) is 0.967. The average Bonchev–Trinajstić information content (AvgIpc) is 3.04. The molecule has 5 saturated carbocycles. The van der Waals surface area contributed by atoms with Crippen LogP contribution >= 0.6 is 0 Å². The highest BCUT2D eigenvalue weighted by Crippen LogP contribution is 2.79. The molecule has 0 amide bonds. The Hall–Kier alpha value is -0.450. The topological polar surface area (TPSA) is 66.8 Å². The normalized spacial score (nSPS) is 60.1. The number of aliphatic hydroxyl groups is 2. The molecule has 1 saturated heterocycles. The Morgan fingerprint density at radius 2 is 1.59 bits per heavy atom. The third-order valence-electron chi connectivity index (χ3n) is 14.1. The van der Waals surface area contributed by atoms with Crippen LogP contribution in [0.1, 0.15) is 106 Å². The summed E-state index contributed by atoms with van der Waals surface area (Å²) in [5.41, 5.74) is -0.612. The predicted molar refractivity (Wildman–Crippen MR) is 132 cm³/mol. The molecule has 6 rings (SSSR count). The van der Waals surface area contributed by atoms with Crippen molar-refractivity contribution in [1.29, 1.82) is 0 Å². The van der Waals surface area contributed by atoms with E-state index in [1.807, 2.05) is 0 Å². The van der Waals surface area contributed by atoms with Crippen molar-refractivity contribution in [2.75, 3.05) is 13.2 Å². The van der Waals surface area contributed by atoms with E-state index in [0.29, 0.717) is 36.6 Å². The van der Waals surface area contributed by atoms with Gasteiger partial charge in [0.1, 0.15) is 5.78 Å². The molecule has 2 bridgehead atoms. The maximum absolute atomic E-state index is 14.1. The SMILES string of the molecule is CC1(C)CC[C@]23CO[C@@]4(CC[C@@H]5[C@@]6(C)CC[C@H](O)[C@@](C)(CO)[C@H]6CC[C@@]5(C)[C@]4(C)CC2=O)[C@@H]3C1. The largest absolute Gasteiger partial charge is 0.396 e. The third-order valence-corrected chi connectivity index (χ3v) is 14.1. The number of aliphatic hydroxyl groups excluding tert-OH is 2. The number of ketones is 1. The van der Waals surface area contributed by atoms with Gasteiger partial charge in [-0.1, -0.05) is 41.5 Å². The summed E-state index contributed by atoms with van der Waals surface area (Å²) in [5, 5.41) is 21.4. The van der Waals surface area contributed by atoms with E-state index in [0.717, 1.165) is 57.8 Å². The molecule has 1 spiro atoms. The van der Waals surface area contributed by atoms with E-state index in [9.17, 15) is 15.0 Å². The number of rotatable bonds is 1. The van der Waals surface area contributed by atoms with Crippen LogP contribution in [0.4, 0.5) is 0 Å². The first kappa shape index (κ1) is 23.9. The second-order valence-corrected chi connectivity index (χ2v) is 15.5. The summed E-state index contributed by atoms with van der Waals surface area (Å²) in [6.45, 7) is 15.0. The zero-order chi connectivity index (χ0) is 24.6. The van der Waals surface area contributed by atoms with Gasteiger partial charge in [0, 0.05) is 23.2 Å². The van der Waals surface area contributed by atoms with E-state index in [-0.39, 0.29) is 39.3 Å². The number of hydrogen-bond acceptors (Lipinski definition) is 4. The highest BCUT2D eigenvalue weighted by atomic mass is 16.5. The quantitative estimate of drug-likeness (QED) is 0.526. The molecule has 0 unspecified atom stereocenters. The molecule has 6 fully saturated rings. The summed E-state index contributed by atoms with van der Waals surface area (Å²) in [6.07, 6.45) is 9.61. The fourth-order valence-corrected chi connectivity index (χ4v) is 11.8. The average molecular weight is 473 g/mol. The maximum atomic E-state index is 14.1. The van der Waals surface area contributed by atoms with Crippen LogP contribution in [0.25, 0.3) is 0 Å². The number of carbonyl (C=O) groups excluding carboxylic acids is 1. The van der Waals surface area contributed by atoms with Gasteiger partial charge in [0.15, 0.2) is 0 Å². The molecule has 10 atom stereocenters. The number of fused-ring (bicyclic) bond motifs is 4. The summed E-state index contributed by atoms with van der Waals surface area (Å²) >= 11 is 0. The van der Waals surface area contributed by atoms with Gasteiger partial charge in [0.05, 0.1) is 30.3 Å². The van der Waals surface area contributed by atoms with Crippen LogP contribution in [0.2, 0.25) is 0 Å². The van der Waals surface area contributed by atoms with Gasteiger partial charge in [-0.3, -0.25) is 4.79 Å². The predicted octanol–water partition coefficient (Wildman–Crippen LogP) is 5.53. The molecule has 4 nitrogen and oxygen atoms in total. The number of Topliss-reactive ketones (excluding diaryl/α,β-unsaturated/α-hetero) is 1. The van der Waals surface area contributed by atoms with Gasteiger partial charge in [-0.05, 0) is 85.9 Å². The van der Waals surface area contributed by atoms with Gasteiger partial charge in [-0.2, -0.15) is 0 Å². The van der Waals surface area contributed by atoms with E-state index in [1.54, 1.807) is 0 Å². The molecule has 1 heterocycles. The van der Waals surface area contributed by atoms with Gasteiger partial charge in [0.25, 0.3) is 0 Å². The lowest BCUT2D eigenvalue weighted by Gasteiger charge is -2.74. The highest BCUT2D eigenvalue weighted by Gasteiger charge is 2.80. The maximum Gasteiger partial charge on any atom is 0.142 e. The minimum absolute atomic E-state index is 0.0307. The third kappa shape index (κ3) is 2.41. The summed E-state index contributed by atoms with van der Waals surface area (Å²) < 4.78 is 7.03. The van der Waals surface area contributed by atoms with Crippen LogP contribution in [-0.4, -0.2) is 40.9 Å². The van der Waals surface area contributed by atoms with Gasteiger partial charge >= 0.3 is 0 Å². The first-order chi connectivity index (χ1) is 15.7. The highest BCUT2D eigenvalue weighted by molar-refractivity contribution is 5.88. The number of hydrogen-bond donors (Lipinski definition) is 2. The van der Waals surface area contributed by atoms with Crippen LogP contribution in [0.5, 0.6) is 0 Å². The monoisotopic (exact) mass is 472 g/mol. The van der Waals surface area contributed by atoms with Crippen LogP contribution in [0.15, 0.2) is 0 Å². The van der Waals surface area contributed by atoms with E-state index < -0.39 is 11.5 Å². The van der Waals surface area contributed by atoms with Crippen molar-refractivity contribution in [1.82, 2.24) is 0 Å². The summed E-state index contributed by atoms with van der Waals surface area (Å²) in [4.78, 5) is 14.1. The van der Waals surface area contributed by atoms with Crippen molar-refractivity contribution >= 4 is 5.78 Å². The van der Waals surface area contributed by atoms with Crippen LogP contribution < -0.4 is 0 Å². The zero-order valence-corrected chi connectivity index (χ0v) is 22.5. The zero-order valence-electron chi connectivity index (χ0n) is 22.5. The molecule has 34 heavy (non-hydrogen) atoms. The Kier molecular flexibility index (Phi) is 4.71. The van der Waals surface area contributed by atoms with Gasteiger partial charge in [0.2, 0.25) is 0 Å². The van der Waals surface area contributed by atoms with Crippen molar-refractivity contribution < 1.29 is 19.7 Å². The Morgan fingerprint density at radius 3 is 2.29 bits per heavy atom. The Morgan fingerprint density at radius 1 is 0.882 bits per heavy atom. The molecule has 1 aliphatic heterocycles. The van der Waals surface area contributed by atoms with Gasteiger partial charge in [-0.15, -0.1) is 0 Å². The van der Waals surface area contributed by atoms with Crippen molar-refractivity contribution in [2.45, 2.75) is 117 Å². The first-order valence-electron chi connectivity index (χ1n) is 14.2. The van der Waals surface area contributed by atoms with E-state index >= 15 is 0 Å². The van der Waals surface area contributed by atoms with Crippen molar-refractivity contribution in [3.63, 3.8) is 0 Å². The fourth-order valence-electron chi connectivity index (χ4n) is 11.8. The minimum atomic E-state index is -0.431. The van der Waals surface area contributed by atoms with Gasteiger partial charge in [-0.25, -0.2) is 0 Å². The van der Waals surface area contributed by atoms with E-state index in [4.69, 9.17) is 4.74 Å². The number of ether oxygens (including phenoxy) is 1. The smallest absolute Gasteiger partial charge is 0.142 e. The summed E-state index contributed by atoms with van der Waals surface area (Å²) in [5.74, 6) is 1.67. The van der Waals surface area contributed by atoms with Crippen molar-refractivity contribution in [3.8, 4) is 0 Å². The molecule has 6 aliphatic rings. The van der Waals surface area contributed by atoms with Crippen LogP contribution in [0, 0.1) is 50.2 Å². The Labute approximate surface area is 206 Å². The second kappa shape index (κ2) is 6.70. The Balaban J connectivity index is 1.45. The molecule has 0 aromatic rings. The molecular weight excluding hydrogens is 424 g/mol. The molecule has 0 radical (unpaired) electrons. The molecule has 0 aromatic carbocycles. The number of carbonyl (C=O) groups is 1. The summed E-state index contributed by atoms with van der Waals surface area (Å²) in [6, 6.07) is 0. The van der Waals surface area contributed by atoms with Crippen molar-refractivity contribution in [3.05, 3.63) is 0 Å². The first-order valence-corrected chi connectivity index (χ1v) is 14.2. The molecule has 2 N–H and O–H groups in total. The summed E-state index contributed by atoms with van der Waals surface area (Å²) in [7, 11) is 0. The lowest BCUT2D eigenvalue weighted by molar-refractivity contribution is -0.286. The van der Waals surface area contributed by atoms with E-state index in [1.165, 1.54) is 0 Å². The van der Waals surface area contributed by atoms with Crippen molar-refractivity contribution in [2.24, 2.45) is 50.2 Å². The molecule has 5 aliphatic carbocycles. The standard InChI is InChI=1S/C30H48O4/c1-24(2)13-14-29-18-34-30(21(29)15-24)12-8-20-25(3)10-9-22(32)26(4,17-31)19(25)7-11-27(20,5)28(30,6)16-23(29)33/h19-22,31-32H,7-18H2,1-6H3/t19-,20+,21+,22-,25-,26-,27+,28-,29+,30-/m0/s1. The lowest BCUT2D eigenvalue weighted by Crippen LogP contribution is -2.73. The molecule has 4 heteroatoms. The molecular formula is C30H48O4. The molecule has 0 aromatic heterocycles. The molecule has 192 valence electrons. The van der Waals surface area contributed by atoms with E-state index in [2.05, 4.69) is 41.5 Å².